The number of rotatable bonds is 7. The van der Waals surface area contributed by atoms with Crippen LogP contribution in [0.3, 0.4) is 0 Å². The van der Waals surface area contributed by atoms with Crippen LogP contribution in [-0.2, 0) is 11.0 Å². The molecular weight excluding hydrogens is 432 g/mol. The third-order valence-electron chi connectivity index (χ3n) is 6.64. The molecule has 4 aromatic rings. The second kappa shape index (κ2) is 9.59. The summed E-state index contributed by atoms with van der Waals surface area (Å²) in [6, 6.07) is 30.8. The third kappa shape index (κ3) is 5.41. The minimum Gasteiger partial charge on any atom is -0.497 e. The van der Waals surface area contributed by atoms with Crippen LogP contribution < -0.4 is 9.47 Å². The van der Waals surface area contributed by atoms with Crippen LogP contribution in [-0.4, -0.2) is 12.2 Å². The van der Waals surface area contributed by atoms with E-state index in [1.165, 1.54) is 16.7 Å². The Morgan fingerprint density at radius 3 is 1.66 bits per heavy atom. The van der Waals surface area contributed by atoms with E-state index in [-0.39, 0.29) is 5.41 Å². The topological polar surface area (TPSA) is 38.7 Å². The fourth-order valence-electron chi connectivity index (χ4n) is 4.26. The molecule has 0 atom stereocenters. The van der Waals surface area contributed by atoms with E-state index in [0.717, 1.165) is 28.2 Å². The molecule has 0 aliphatic heterocycles. The molecule has 0 bridgehead atoms. The lowest BCUT2D eigenvalue weighted by atomic mass is 9.78. The Bertz CT molecular complexity index is 1280. The summed E-state index contributed by atoms with van der Waals surface area (Å²) in [5.41, 5.74) is 5.30. The van der Waals surface area contributed by atoms with E-state index < -0.39 is 5.60 Å². The van der Waals surface area contributed by atoms with E-state index in [2.05, 4.69) is 69.3 Å². The van der Waals surface area contributed by atoms with Gasteiger partial charge in [0.25, 0.3) is 0 Å². The van der Waals surface area contributed by atoms with Crippen LogP contribution in [0.1, 0.15) is 49.9 Å². The molecule has 1 N–H and O–H groups in total. The Hall–Kier alpha value is -3.56. The Kier molecular flexibility index (Phi) is 6.73. The number of aliphatic hydroxyl groups is 1. The SMILES string of the molecule is COc1ccc(C(C)(C)c2ccc(Oc3ccc(-c4ccc(C)cc4)cc3C(C)(C)O)cc2)cc1. The van der Waals surface area contributed by atoms with Gasteiger partial charge in [0.15, 0.2) is 0 Å². The van der Waals surface area contributed by atoms with E-state index >= 15 is 0 Å². The maximum absolute atomic E-state index is 10.9. The molecular formula is C32H34O3. The first-order valence-corrected chi connectivity index (χ1v) is 11.9. The molecule has 35 heavy (non-hydrogen) atoms. The average molecular weight is 467 g/mol. The largest absolute Gasteiger partial charge is 0.497 e. The smallest absolute Gasteiger partial charge is 0.133 e. The van der Waals surface area contributed by atoms with Crippen LogP contribution in [0, 0.1) is 6.92 Å². The van der Waals surface area contributed by atoms with E-state index in [4.69, 9.17) is 9.47 Å². The Labute approximate surface area is 209 Å². The number of aryl methyl sites for hydroxylation is 1. The van der Waals surface area contributed by atoms with Crippen molar-refractivity contribution in [3.8, 4) is 28.4 Å². The van der Waals surface area contributed by atoms with Crippen LogP contribution in [0.5, 0.6) is 17.2 Å². The molecule has 0 fully saturated rings. The standard InChI is InChI=1S/C32H34O3/c1-22-7-9-23(10-8-22)24-11-20-30(29(21-24)32(4,5)33)35-28-18-14-26(15-19-28)31(2,3)25-12-16-27(34-6)17-13-25/h7-21,33H,1-6H3. The maximum Gasteiger partial charge on any atom is 0.133 e. The summed E-state index contributed by atoms with van der Waals surface area (Å²) in [6.07, 6.45) is 0. The van der Waals surface area contributed by atoms with Crippen LogP contribution in [0.4, 0.5) is 0 Å². The van der Waals surface area contributed by atoms with Crippen LogP contribution >= 0.6 is 0 Å². The van der Waals surface area contributed by atoms with E-state index in [0.29, 0.717) is 5.75 Å². The predicted molar refractivity (Wildman–Crippen MR) is 143 cm³/mol. The van der Waals surface area contributed by atoms with Crippen molar-refractivity contribution < 1.29 is 14.6 Å². The van der Waals surface area contributed by atoms with Crippen molar-refractivity contribution in [2.75, 3.05) is 7.11 Å². The predicted octanol–water partition coefficient (Wildman–Crippen LogP) is 8.02. The van der Waals surface area contributed by atoms with Crippen molar-refractivity contribution in [1.29, 1.82) is 0 Å². The summed E-state index contributed by atoms with van der Waals surface area (Å²) in [5, 5.41) is 10.9. The van der Waals surface area contributed by atoms with Crippen molar-refractivity contribution in [2.24, 2.45) is 0 Å². The van der Waals surface area contributed by atoms with Gasteiger partial charge in [0.05, 0.1) is 12.7 Å². The highest BCUT2D eigenvalue weighted by molar-refractivity contribution is 5.66. The van der Waals surface area contributed by atoms with E-state index in [9.17, 15) is 5.11 Å². The van der Waals surface area contributed by atoms with Crippen molar-refractivity contribution in [1.82, 2.24) is 0 Å². The zero-order valence-corrected chi connectivity index (χ0v) is 21.4. The minimum atomic E-state index is -1.05. The van der Waals surface area contributed by atoms with Gasteiger partial charge in [-0.15, -0.1) is 0 Å². The first kappa shape index (κ1) is 24.6. The molecule has 0 spiro atoms. The normalized spacial score (nSPS) is 11.9. The second-order valence-electron chi connectivity index (χ2n) is 10.1. The zero-order valence-electron chi connectivity index (χ0n) is 21.4. The van der Waals surface area contributed by atoms with Crippen molar-refractivity contribution in [3.63, 3.8) is 0 Å². The van der Waals surface area contributed by atoms with Gasteiger partial charge in [0, 0.05) is 11.0 Å². The second-order valence-corrected chi connectivity index (χ2v) is 10.1. The summed E-state index contributed by atoms with van der Waals surface area (Å²) in [4.78, 5) is 0. The van der Waals surface area contributed by atoms with Crippen molar-refractivity contribution in [2.45, 2.75) is 45.6 Å². The fourth-order valence-corrected chi connectivity index (χ4v) is 4.26. The quantitative estimate of drug-likeness (QED) is 0.300. The van der Waals surface area contributed by atoms with Gasteiger partial charge in [0.2, 0.25) is 0 Å². The number of benzene rings is 4. The first-order chi connectivity index (χ1) is 16.6. The van der Waals surface area contributed by atoms with E-state index in [1.54, 1.807) is 21.0 Å². The molecule has 3 heteroatoms. The van der Waals surface area contributed by atoms with Gasteiger partial charge in [0.1, 0.15) is 17.2 Å². The lowest BCUT2D eigenvalue weighted by molar-refractivity contribution is 0.0763. The van der Waals surface area contributed by atoms with Crippen LogP contribution in [0.25, 0.3) is 11.1 Å². The number of methoxy groups -OCH3 is 1. The van der Waals surface area contributed by atoms with Gasteiger partial charge in [-0.3, -0.25) is 0 Å². The molecule has 0 heterocycles. The summed E-state index contributed by atoms with van der Waals surface area (Å²) in [7, 11) is 1.68. The summed E-state index contributed by atoms with van der Waals surface area (Å²) in [6.45, 7) is 10.1. The van der Waals surface area contributed by atoms with Crippen molar-refractivity contribution >= 4 is 0 Å². The molecule has 3 nitrogen and oxygen atoms in total. The molecule has 0 aliphatic carbocycles. The van der Waals surface area contributed by atoms with Crippen LogP contribution in [0.15, 0.2) is 91.0 Å². The van der Waals surface area contributed by atoms with Gasteiger partial charge in [-0.05, 0) is 79.4 Å². The number of ether oxygens (including phenoxy) is 2. The lowest BCUT2D eigenvalue weighted by Gasteiger charge is -2.27. The summed E-state index contributed by atoms with van der Waals surface area (Å²) < 4.78 is 11.6. The van der Waals surface area contributed by atoms with Gasteiger partial charge in [-0.1, -0.05) is 74.0 Å². The monoisotopic (exact) mass is 466 g/mol. The molecule has 0 aliphatic rings. The highest BCUT2D eigenvalue weighted by Crippen LogP contribution is 2.38. The summed E-state index contributed by atoms with van der Waals surface area (Å²) >= 11 is 0. The number of hydrogen-bond donors (Lipinski definition) is 1. The third-order valence-corrected chi connectivity index (χ3v) is 6.64. The molecule has 0 aromatic heterocycles. The Morgan fingerprint density at radius 1 is 0.629 bits per heavy atom. The first-order valence-electron chi connectivity index (χ1n) is 11.9. The highest BCUT2D eigenvalue weighted by Gasteiger charge is 2.24. The fraction of sp³-hybridized carbons (Fsp3) is 0.250. The molecule has 180 valence electrons. The molecule has 0 unspecified atom stereocenters. The van der Waals surface area contributed by atoms with Gasteiger partial charge in [-0.2, -0.15) is 0 Å². The van der Waals surface area contributed by atoms with Gasteiger partial charge < -0.3 is 14.6 Å². The Morgan fingerprint density at radius 2 is 1.14 bits per heavy atom. The van der Waals surface area contributed by atoms with Crippen molar-refractivity contribution in [3.05, 3.63) is 113 Å². The lowest BCUT2D eigenvalue weighted by Crippen LogP contribution is -2.18. The maximum atomic E-state index is 10.9. The minimum absolute atomic E-state index is 0.168. The Balaban J connectivity index is 1.60. The zero-order chi connectivity index (χ0) is 25.2. The molecule has 0 saturated carbocycles. The highest BCUT2D eigenvalue weighted by atomic mass is 16.5. The molecule has 4 aromatic carbocycles. The number of hydrogen-bond acceptors (Lipinski definition) is 3. The van der Waals surface area contributed by atoms with E-state index in [1.807, 2.05) is 42.5 Å². The average Bonchev–Trinajstić information content (AvgIpc) is 2.84. The molecule has 0 saturated heterocycles. The van der Waals surface area contributed by atoms with Gasteiger partial charge in [-0.25, -0.2) is 0 Å². The molecule has 4 rings (SSSR count). The molecule has 0 amide bonds. The van der Waals surface area contributed by atoms with Gasteiger partial charge >= 0.3 is 0 Å². The van der Waals surface area contributed by atoms with Crippen LogP contribution in [0.2, 0.25) is 0 Å². The molecule has 0 radical (unpaired) electrons. The summed E-state index contributed by atoms with van der Waals surface area (Å²) in [5.74, 6) is 2.23.